The first-order chi connectivity index (χ1) is 10.5. The molecular formula is C17H20N2O2S. The Morgan fingerprint density at radius 3 is 2.55 bits per heavy atom. The summed E-state index contributed by atoms with van der Waals surface area (Å²) in [5.74, 6) is 0. The van der Waals surface area contributed by atoms with Gasteiger partial charge in [0.25, 0.3) is 10.0 Å². The monoisotopic (exact) mass is 316 g/mol. The second kappa shape index (κ2) is 5.65. The number of benzene rings is 2. The number of hydrogen-bond donors (Lipinski definition) is 1. The molecule has 4 nitrogen and oxygen atoms in total. The van der Waals surface area contributed by atoms with Crippen LogP contribution in [0.1, 0.15) is 17.5 Å². The summed E-state index contributed by atoms with van der Waals surface area (Å²) >= 11 is 0. The van der Waals surface area contributed by atoms with Crippen molar-refractivity contribution in [1.82, 2.24) is 0 Å². The van der Waals surface area contributed by atoms with E-state index < -0.39 is 10.0 Å². The Hall–Kier alpha value is -2.01. The molecule has 5 heteroatoms. The van der Waals surface area contributed by atoms with Crippen molar-refractivity contribution >= 4 is 21.4 Å². The highest BCUT2D eigenvalue weighted by Gasteiger charge is 2.17. The van der Waals surface area contributed by atoms with Gasteiger partial charge in [0.05, 0.1) is 10.6 Å². The fourth-order valence-corrected chi connectivity index (χ4v) is 3.80. The SMILES string of the molecule is Cc1ccc(S(=O)(=O)Nc2ccc3c(c2)N(C)CCC3)cc1. The fourth-order valence-electron chi connectivity index (χ4n) is 2.75. The van der Waals surface area contributed by atoms with Crippen LogP contribution in [0.3, 0.4) is 0 Å². The van der Waals surface area contributed by atoms with Crippen molar-refractivity contribution in [2.24, 2.45) is 0 Å². The van der Waals surface area contributed by atoms with Gasteiger partial charge in [-0.3, -0.25) is 4.72 Å². The Kier molecular flexibility index (Phi) is 3.83. The molecule has 0 radical (unpaired) electrons. The molecule has 0 aromatic heterocycles. The van der Waals surface area contributed by atoms with Crippen LogP contribution in [0.15, 0.2) is 47.4 Å². The number of anilines is 2. The van der Waals surface area contributed by atoms with Gasteiger partial charge in [0.2, 0.25) is 0 Å². The van der Waals surface area contributed by atoms with E-state index in [0.29, 0.717) is 5.69 Å². The van der Waals surface area contributed by atoms with Crippen molar-refractivity contribution < 1.29 is 8.42 Å². The first kappa shape index (κ1) is 14.9. The summed E-state index contributed by atoms with van der Waals surface area (Å²) in [4.78, 5) is 2.45. The fraction of sp³-hybridized carbons (Fsp3) is 0.294. The number of nitrogens with zero attached hydrogens (tertiary/aromatic N) is 1. The molecule has 2 aromatic carbocycles. The molecule has 0 aliphatic carbocycles. The molecule has 3 rings (SSSR count). The van der Waals surface area contributed by atoms with E-state index in [1.165, 1.54) is 5.56 Å². The smallest absolute Gasteiger partial charge is 0.261 e. The third-order valence-corrected chi connectivity index (χ3v) is 5.42. The average molecular weight is 316 g/mol. The van der Waals surface area contributed by atoms with E-state index in [4.69, 9.17) is 0 Å². The van der Waals surface area contributed by atoms with Gasteiger partial charge in [-0.15, -0.1) is 0 Å². The van der Waals surface area contributed by atoms with Crippen LogP contribution >= 0.6 is 0 Å². The summed E-state index contributed by atoms with van der Waals surface area (Å²) in [6, 6.07) is 12.6. The second-order valence-corrected chi connectivity index (χ2v) is 7.47. The molecule has 1 heterocycles. The lowest BCUT2D eigenvalue weighted by Crippen LogP contribution is -2.24. The molecule has 0 spiro atoms. The molecule has 0 amide bonds. The standard InChI is InChI=1S/C17H20N2O2S/c1-13-5-9-16(10-6-13)22(20,21)18-15-8-7-14-4-3-11-19(2)17(14)12-15/h5-10,12,18H,3-4,11H2,1-2H3. The highest BCUT2D eigenvalue weighted by Crippen LogP contribution is 2.29. The Labute approximate surface area is 131 Å². The van der Waals surface area contributed by atoms with Crippen LogP contribution in [0, 0.1) is 6.92 Å². The molecule has 0 bridgehead atoms. The zero-order chi connectivity index (χ0) is 15.7. The summed E-state index contributed by atoms with van der Waals surface area (Å²) in [5, 5.41) is 0. The highest BCUT2D eigenvalue weighted by atomic mass is 32.2. The van der Waals surface area contributed by atoms with Crippen molar-refractivity contribution in [3.05, 3.63) is 53.6 Å². The minimum absolute atomic E-state index is 0.282. The van der Waals surface area contributed by atoms with E-state index in [2.05, 4.69) is 9.62 Å². The third-order valence-electron chi connectivity index (χ3n) is 4.02. The maximum Gasteiger partial charge on any atom is 0.261 e. The number of aryl methyl sites for hydroxylation is 2. The molecule has 1 N–H and O–H groups in total. The molecule has 0 fully saturated rings. The predicted molar refractivity (Wildman–Crippen MR) is 90.0 cm³/mol. The lowest BCUT2D eigenvalue weighted by molar-refractivity contribution is 0.601. The van der Waals surface area contributed by atoms with E-state index in [-0.39, 0.29) is 4.90 Å². The van der Waals surface area contributed by atoms with Crippen LogP contribution in [0.2, 0.25) is 0 Å². The topological polar surface area (TPSA) is 49.4 Å². The van der Waals surface area contributed by atoms with Gasteiger partial charge in [-0.1, -0.05) is 23.8 Å². The molecular weight excluding hydrogens is 296 g/mol. The highest BCUT2D eigenvalue weighted by molar-refractivity contribution is 7.92. The van der Waals surface area contributed by atoms with Crippen molar-refractivity contribution in [1.29, 1.82) is 0 Å². The Bertz CT molecular complexity index is 783. The third kappa shape index (κ3) is 2.95. The van der Waals surface area contributed by atoms with E-state index in [1.807, 2.05) is 32.2 Å². The number of rotatable bonds is 3. The molecule has 2 aromatic rings. The van der Waals surface area contributed by atoms with Crippen molar-refractivity contribution in [3.8, 4) is 0 Å². The van der Waals surface area contributed by atoms with Crippen LogP contribution in [-0.2, 0) is 16.4 Å². The van der Waals surface area contributed by atoms with Crippen molar-refractivity contribution in [2.75, 3.05) is 23.2 Å². The van der Waals surface area contributed by atoms with Gasteiger partial charge in [0, 0.05) is 19.3 Å². The molecule has 0 saturated carbocycles. The van der Waals surface area contributed by atoms with Crippen LogP contribution in [0.4, 0.5) is 11.4 Å². The first-order valence-corrected chi connectivity index (χ1v) is 8.87. The normalized spacial score (nSPS) is 14.5. The zero-order valence-corrected chi connectivity index (χ0v) is 13.7. The van der Waals surface area contributed by atoms with Crippen molar-refractivity contribution in [2.45, 2.75) is 24.7 Å². The lowest BCUT2D eigenvalue weighted by atomic mass is 10.0. The predicted octanol–water partition coefficient (Wildman–Crippen LogP) is 3.18. The van der Waals surface area contributed by atoms with E-state index in [1.54, 1.807) is 24.3 Å². The minimum atomic E-state index is -3.54. The molecule has 0 saturated heterocycles. The zero-order valence-electron chi connectivity index (χ0n) is 12.8. The number of fused-ring (bicyclic) bond motifs is 1. The van der Waals surface area contributed by atoms with Gasteiger partial charge < -0.3 is 4.90 Å². The van der Waals surface area contributed by atoms with Gasteiger partial charge in [-0.2, -0.15) is 0 Å². The number of nitrogens with one attached hydrogen (secondary N) is 1. The van der Waals surface area contributed by atoms with E-state index in [0.717, 1.165) is 30.6 Å². The number of hydrogen-bond acceptors (Lipinski definition) is 3. The molecule has 1 aliphatic rings. The molecule has 0 atom stereocenters. The lowest BCUT2D eigenvalue weighted by Gasteiger charge is -2.28. The maximum atomic E-state index is 12.4. The summed E-state index contributed by atoms with van der Waals surface area (Å²) < 4.78 is 27.5. The van der Waals surface area contributed by atoms with E-state index >= 15 is 0 Å². The first-order valence-electron chi connectivity index (χ1n) is 7.39. The van der Waals surface area contributed by atoms with Crippen molar-refractivity contribution in [3.63, 3.8) is 0 Å². The molecule has 1 aliphatic heterocycles. The summed E-state index contributed by atoms with van der Waals surface area (Å²) in [5.41, 5.74) is 4.02. The minimum Gasteiger partial charge on any atom is -0.374 e. The summed E-state index contributed by atoms with van der Waals surface area (Å²) in [6.45, 7) is 2.93. The van der Waals surface area contributed by atoms with Crippen LogP contribution < -0.4 is 9.62 Å². The van der Waals surface area contributed by atoms with E-state index in [9.17, 15) is 8.42 Å². The van der Waals surface area contributed by atoms with Gasteiger partial charge >= 0.3 is 0 Å². The Morgan fingerprint density at radius 2 is 1.82 bits per heavy atom. The quantitative estimate of drug-likeness (QED) is 0.946. The van der Waals surface area contributed by atoms with Gasteiger partial charge in [0.15, 0.2) is 0 Å². The van der Waals surface area contributed by atoms with Gasteiger partial charge in [-0.05, 0) is 49.6 Å². The Balaban J connectivity index is 1.89. The molecule has 0 unspecified atom stereocenters. The van der Waals surface area contributed by atoms with Gasteiger partial charge in [0.1, 0.15) is 0 Å². The average Bonchev–Trinajstić information content (AvgIpc) is 2.48. The molecule has 22 heavy (non-hydrogen) atoms. The second-order valence-electron chi connectivity index (χ2n) is 5.79. The molecule has 116 valence electrons. The van der Waals surface area contributed by atoms with Crippen LogP contribution in [0.5, 0.6) is 0 Å². The van der Waals surface area contributed by atoms with Gasteiger partial charge in [-0.25, -0.2) is 8.42 Å². The number of sulfonamides is 1. The van der Waals surface area contributed by atoms with Crippen LogP contribution in [0.25, 0.3) is 0 Å². The Morgan fingerprint density at radius 1 is 1.09 bits per heavy atom. The van der Waals surface area contributed by atoms with Crippen LogP contribution in [-0.4, -0.2) is 22.0 Å². The largest absolute Gasteiger partial charge is 0.374 e. The maximum absolute atomic E-state index is 12.4. The summed E-state index contributed by atoms with van der Waals surface area (Å²) in [6.07, 6.45) is 2.18. The summed E-state index contributed by atoms with van der Waals surface area (Å²) in [7, 11) is -1.50.